The fraction of sp³-hybridized carbons (Fsp3) is 0.136. The van der Waals surface area contributed by atoms with Crippen LogP contribution in [0.1, 0.15) is 6.92 Å². The van der Waals surface area contributed by atoms with Crippen molar-refractivity contribution in [2.75, 3.05) is 13.3 Å². The van der Waals surface area contributed by atoms with Gasteiger partial charge in [-0.25, -0.2) is 0 Å². The molecule has 26 heavy (non-hydrogen) atoms. The van der Waals surface area contributed by atoms with E-state index in [1.807, 2.05) is 61.5 Å². The summed E-state index contributed by atoms with van der Waals surface area (Å²) in [4.78, 5) is 13.6. The first-order valence-corrected chi connectivity index (χ1v) is 11.2. The van der Waals surface area contributed by atoms with E-state index in [0.717, 1.165) is 15.9 Å². The summed E-state index contributed by atoms with van der Waals surface area (Å²) in [5.74, 6) is 0. The summed E-state index contributed by atoms with van der Waals surface area (Å²) in [6.45, 7) is 0.898. The Morgan fingerprint density at radius 2 is 1.04 bits per heavy atom. The summed E-state index contributed by atoms with van der Waals surface area (Å²) < 4.78 is 5.69. The topological polar surface area (TPSA) is 26.3 Å². The normalized spacial score (nSPS) is 12.3. The van der Waals surface area contributed by atoms with E-state index in [1.165, 1.54) is 0 Å². The number of carbonyl (C=O) groups excluding carboxylic acids is 1. The molecule has 0 radical (unpaired) electrons. The SMILES string of the molecule is Br.CCOC(=O)P(C)(c1ccccc1)(c1ccccc1)c1ccccc1. The van der Waals surface area contributed by atoms with Crippen molar-refractivity contribution < 1.29 is 9.53 Å². The second-order valence-electron chi connectivity index (χ2n) is 6.27. The van der Waals surface area contributed by atoms with E-state index in [4.69, 9.17) is 4.74 Å². The molecule has 0 aliphatic rings. The van der Waals surface area contributed by atoms with E-state index < -0.39 is 6.60 Å². The van der Waals surface area contributed by atoms with Crippen LogP contribution in [0.3, 0.4) is 0 Å². The van der Waals surface area contributed by atoms with E-state index >= 15 is 0 Å². The van der Waals surface area contributed by atoms with Gasteiger partial charge in [0.15, 0.2) is 0 Å². The zero-order valence-electron chi connectivity index (χ0n) is 15.0. The molecule has 0 aromatic heterocycles. The monoisotopic (exact) mass is 430 g/mol. The predicted octanol–water partition coefficient (Wildman–Crippen LogP) is 4.88. The number of ether oxygens (including phenoxy) is 1. The van der Waals surface area contributed by atoms with Gasteiger partial charge in [0.1, 0.15) is 0 Å². The molecule has 0 bridgehead atoms. The van der Waals surface area contributed by atoms with Crippen LogP contribution in [0.2, 0.25) is 0 Å². The van der Waals surface area contributed by atoms with Crippen LogP contribution in [0, 0.1) is 0 Å². The zero-order chi connectivity index (χ0) is 17.8. The molecule has 0 N–H and O–H groups in total. The minimum absolute atomic E-state index is 0. The number of hydrogen-bond donors (Lipinski definition) is 0. The van der Waals surface area contributed by atoms with Gasteiger partial charge in [-0.1, -0.05) is 0 Å². The molecule has 3 aromatic carbocycles. The molecular weight excluding hydrogens is 407 g/mol. The Balaban J connectivity index is 0.00000243. The Kier molecular flexibility index (Phi) is 6.39. The molecule has 0 spiro atoms. The maximum atomic E-state index is 13.6. The van der Waals surface area contributed by atoms with Gasteiger partial charge >= 0.3 is 149 Å². The Morgan fingerprint density at radius 1 is 0.731 bits per heavy atom. The molecule has 0 unspecified atom stereocenters. The van der Waals surface area contributed by atoms with E-state index in [9.17, 15) is 4.79 Å². The first-order valence-electron chi connectivity index (χ1n) is 8.48. The van der Waals surface area contributed by atoms with Crippen LogP contribution in [0.25, 0.3) is 0 Å². The first-order chi connectivity index (χ1) is 12.1. The molecule has 0 atom stereocenters. The van der Waals surface area contributed by atoms with Crippen LogP contribution in [0.15, 0.2) is 91.0 Å². The molecule has 0 fully saturated rings. The van der Waals surface area contributed by atoms with Gasteiger partial charge in [0, 0.05) is 0 Å². The maximum absolute atomic E-state index is 13.6. The quantitative estimate of drug-likeness (QED) is 0.539. The third kappa shape index (κ3) is 3.00. The van der Waals surface area contributed by atoms with Gasteiger partial charge in [-0.05, 0) is 0 Å². The summed E-state index contributed by atoms with van der Waals surface area (Å²) in [7, 11) is 0. The number of carbonyl (C=O) groups is 1. The van der Waals surface area contributed by atoms with Crippen LogP contribution in [-0.4, -0.2) is 19.0 Å². The molecule has 3 aromatic rings. The summed E-state index contributed by atoms with van der Waals surface area (Å²) in [5, 5.41) is 3.05. The second-order valence-corrected chi connectivity index (χ2v) is 11.3. The zero-order valence-corrected chi connectivity index (χ0v) is 17.6. The Morgan fingerprint density at radius 3 is 1.31 bits per heavy atom. The van der Waals surface area contributed by atoms with Crippen molar-refractivity contribution in [2.45, 2.75) is 6.92 Å². The van der Waals surface area contributed by atoms with E-state index in [-0.39, 0.29) is 22.7 Å². The van der Waals surface area contributed by atoms with Gasteiger partial charge in [0.2, 0.25) is 0 Å². The predicted molar refractivity (Wildman–Crippen MR) is 118 cm³/mol. The van der Waals surface area contributed by atoms with Crippen molar-refractivity contribution in [3.8, 4) is 0 Å². The summed E-state index contributed by atoms with van der Waals surface area (Å²) >= 11 is 0. The average molecular weight is 431 g/mol. The molecule has 3 rings (SSSR count). The Labute approximate surface area is 165 Å². The third-order valence-electron chi connectivity index (χ3n) is 4.93. The van der Waals surface area contributed by atoms with Crippen LogP contribution in [0.5, 0.6) is 0 Å². The fourth-order valence-corrected chi connectivity index (χ4v) is 8.18. The molecule has 2 nitrogen and oxygen atoms in total. The van der Waals surface area contributed by atoms with Gasteiger partial charge in [-0.15, -0.1) is 17.0 Å². The van der Waals surface area contributed by atoms with Crippen LogP contribution >= 0.6 is 23.6 Å². The van der Waals surface area contributed by atoms with Crippen molar-refractivity contribution in [1.82, 2.24) is 0 Å². The van der Waals surface area contributed by atoms with Gasteiger partial charge in [-0.3, -0.25) is 0 Å². The van der Waals surface area contributed by atoms with E-state index in [1.54, 1.807) is 0 Å². The molecule has 0 amide bonds. The standard InChI is InChI=1S/C22H23O2P.BrH/c1-3-24-22(23)25(2,19-13-7-4-8-14-19,20-15-9-5-10-16-20)21-17-11-6-12-18-21;/h4-18H,3H2,1-2H3;1H. The van der Waals surface area contributed by atoms with Gasteiger partial charge in [-0.2, -0.15) is 0 Å². The Hall–Kier alpha value is -1.96. The molecule has 0 aliphatic heterocycles. The molecule has 136 valence electrons. The van der Waals surface area contributed by atoms with Crippen molar-refractivity contribution in [2.24, 2.45) is 0 Å². The average Bonchev–Trinajstić information content (AvgIpc) is 2.69. The summed E-state index contributed by atoms with van der Waals surface area (Å²) in [6.07, 6.45) is 0. The van der Waals surface area contributed by atoms with Crippen LogP contribution in [-0.2, 0) is 4.74 Å². The molecule has 0 heterocycles. The van der Waals surface area contributed by atoms with Crippen LogP contribution < -0.4 is 15.9 Å². The van der Waals surface area contributed by atoms with Crippen molar-refractivity contribution in [3.05, 3.63) is 91.0 Å². The van der Waals surface area contributed by atoms with Gasteiger partial charge in [0.25, 0.3) is 0 Å². The molecular formula is C22H24BrO2P. The van der Waals surface area contributed by atoms with E-state index in [0.29, 0.717) is 6.61 Å². The first kappa shape index (κ1) is 20.4. The van der Waals surface area contributed by atoms with Crippen molar-refractivity contribution in [1.29, 1.82) is 0 Å². The van der Waals surface area contributed by atoms with Crippen molar-refractivity contribution >= 4 is 45.2 Å². The minimum atomic E-state index is -3.42. The van der Waals surface area contributed by atoms with E-state index in [2.05, 4.69) is 43.1 Å². The molecule has 4 heteroatoms. The molecule has 0 saturated heterocycles. The Bertz CT molecular complexity index is 752. The number of benzene rings is 3. The van der Waals surface area contributed by atoms with Crippen LogP contribution in [0.4, 0.5) is 4.79 Å². The van der Waals surface area contributed by atoms with Gasteiger partial charge in [0.05, 0.1) is 0 Å². The summed E-state index contributed by atoms with van der Waals surface area (Å²) in [6, 6.07) is 30.2. The molecule has 0 aliphatic carbocycles. The number of halogens is 1. The van der Waals surface area contributed by atoms with Gasteiger partial charge < -0.3 is 0 Å². The number of hydrogen-bond acceptors (Lipinski definition) is 2. The summed E-state index contributed by atoms with van der Waals surface area (Å²) in [5.41, 5.74) is -0.142. The fourth-order valence-electron chi connectivity index (χ4n) is 3.45. The second kappa shape index (κ2) is 8.16. The van der Waals surface area contributed by atoms with Crippen molar-refractivity contribution in [3.63, 3.8) is 0 Å². The molecule has 0 saturated carbocycles. The number of rotatable bonds is 5. The third-order valence-corrected chi connectivity index (χ3v) is 10.7.